The third kappa shape index (κ3) is 4.19. The van der Waals surface area contributed by atoms with Crippen LogP contribution in [0.3, 0.4) is 0 Å². The predicted molar refractivity (Wildman–Crippen MR) is 119 cm³/mol. The van der Waals surface area contributed by atoms with Gasteiger partial charge in [-0.3, -0.25) is 4.79 Å². The summed E-state index contributed by atoms with van der Waals surface area (Å²) < 4.78 is 0. The predicted octanol–water partition coefficient (Wildman–Crippen LogP) is 5.49. The molecule has 3 nitrogen and oxygen atoms in total. The molecule has 3 heteroatoms. The van der Waals surface area contributed by atoms with Gasteiger partial charge in [-0.1, -0.05) is 72.3 Å². The van der Waals surface area contributed by atoms with E-state index in [1.165, 1.54) is 11.1 Å². The number of nitrogens with zero attached hydrogens (tertiary/aromatic N) is 1. The number of aromatic nitrogens is 1. The van der Waals surface area contributed by atoms with Gasteiger partial charge in [0.1, 0.15) is 0 Å². The first-order chi connectivity index (χ1) is 14.1. The molecule has 29 heavy (non-hydrogen) atoms. The van der Waals surface area contributed by atoms with Crippen LogP contribution in [0.15, 0.2) is 78.9 Å². The molecule has 0 saturated heterocycles. The molecule has 1 aromatic heterocycles. The zero-order chi connectivity index (χ0) is 20.2. The number of benzene rings is 3. The number of carbonyl (C=O) groups is 1. The summed E-state index contributed by atoms with van der Waals surface area (Å²) in [5, 5.41) is 3.95. The standard InChI is InChI=1S/C26H24N2O/c1-18-12-13-21(19(2)16-18)25-17-23(22-10-6-7-11-24(22)28-25)26(29)27-15-14-20-8-4-3-5-9-20/h3-13,16-17H,14-15H2,1-2H3,(H,27,29). The molecular weight excluding hydrogens is 356 g/mol. The lowest BCUT2D eigenvalue weighted by Crippen LogP contribution is -2.26. The molecule has 0 atom stereocenters. The summed E-state index contributed by atoms with van der Waals surface area (Å²) in [5.74, 6) is -0.0643. The number of hydrogen-bond donors (Lipinski definition) is 1. The third-order valence-corrected chi connectivity index (χ3v) is 5.16. The second kappa shape index (κ2) is 8.27. The third-order valence-electron chi connectivity index (χ3n) is 5.16. The van der Waals surface area contributed by atoms with Crippen LogP contribution in [-0.2, 0) is 6.42 Å². The van der Waals surface area contributed by atoms with Crippen LogP contribution in [-0.4, -0.2) is 17.4 Å². The molecule has 1 amide bonds. The van der Waals surface area contributed by atoms with Crippen molar-refractivity contribution in [3.63, 3.8) is 0 Å². The molecule has 1 N–H and O–H groups in total. The van der Waals surface area contributed by atoms with Crippen molar-refractivity contribution < 1.29 is 4.79 Å². The molecule has 0 aliphatic carbocycles. The van der Waals surface area contributed by atoms with E-state index in [0.29, 0.717) is 12.1 Å². The van der Waals surface area contributed by atoms with Gasteiger partial charge in [-0.25, -0.2) is 4.98 Å². The zero-order valence-electron chi connectivity index (χ0n) is 16.8. The molecule has 0 unspecified atom stereocenters. The average molecular weight is 380 g/mol. The van der Waals surface area contributed by atoms with Crippen LogP contribution in [0.2, 0.25) is 0 Å². The van der Waals surface area contributed by atoms with E-state index >= 15 is 0 Å². The van der Waals surface area contributed by atoms with Crippen molar-refractivity contribution >= 4 is 16.8 Å². The van der Waals surface area contributed by atoms with Crippen molar-refractivity contribution in [2.45, 2.75) is 20.3 Å². The highest BCUT2D eigenvalue weighted by atomic mass is 16.1. The van der Waals surface area contributed by atoms with Gasteiger partial charge in [-0.2, -0.15) is 0 Å². The first-order valence-corrected chi connectivity index (χ1v) is 9.91. The molecule has 3 aromatic carbocycles. The summed E-state index contributed by atoms with van der Waals surface area (Å²) in [5.41, 5.74) is 6.96. The first kappa shape index (κ1) is 18.9. The maximum Gasteiger partial charge on any atom is 0.252 e. The van der Waals surface area contributed by atoms with E-state index in [1.807, 2.05) is 48.5 Å². The second-order valence-electron chi connectivity index (χ2n) is 7.38. The Hall–Kier alpha value is -3.46. The Bertz CT molecular complexity index is 1170. The van der Waals surface area contributed by atoms with Crippen molar-refractivity contribution in [3.05, 3.63) is 101 Å². The van der Waals surface area contributed by atoms with E-state index in [-0.39, 0.29) is 5.91 Å². The van der Waals surface area contributed by atoms with Crippen LogP contribution in [0, 0.1) is 13.8 Å². The van der Waals surface area contributed by atoms with E-state index < -0.39 is 0 Å². The smallest absolute Gasteiger partial charge is 0.252 e. The van der Waals surface area contributed by atoms with Crippen molar-refractivity contribution in [1.82, 2.24) is 10.3 Å². The Morgan fingerprint density at radius 3 is 2.45 bits per heavy atom. The fraction of sp³-hybridized carbons (Fsp3) is 0.154. The van der Waals surface area contributed by atoms with Crippen LogP contribution < -0.4 is 5.32 Å². The number of para-hydroxylation sites is 1. The van der Waals surface area contributed by atoms with Gasteiger partial charge in [0.25, 0.3) is 5.91 Å². The van der Waals surface area contributed by atoms with Gasteiger partial charge in [-0.15, -0.1) is 0 Å². The highest BCUT2D eigenvalue weighted by Crippen LogP contribution is 2.27. The molecule has 0 radical (unpaired) electrons. The maximum absolute atomic E-state index is 13.0. The molecule has 4 aromatic rings. The average Bonchev–Trinajstić information content (AvgIpc) is 2.73. The molecular formula is C26H24N2O. The van der Waals surface area contributed by atoms with Crippen LogP contribution in [0.1, 0.15) is 27.0 Å². The van der Waals surface area contributed by atoms with Crippen LogP contribution >= 0.6 is 0 Å². The second-order valence-corrected chi connectivity index (χ2v) is 7.38. The molecule has 4 rings (SSSR count). The van der Waals surface area contributed by atoms with Gasteiger partial charge < -0.3 is 5.32 Å². The first-order valence-electron chi connectivity index (χ1n) is 9.91. The lowest BCUT2D eigenvalue weighted by molar-refractivity contribution is 0.0956. The number of nitrogens with one attached hydrogen (secondary N) is 1. The van der Waals surface area contributed by atoms with E-state index in [1.54, 1.807) is 0 Å². The zero-order valence-corrected chi connectivity index (χ0v) is 16.8. The number of aryl methyl sites for hydroxylation is 2. The summed E-state index contributed by atoms with van der Waals surface area (Å²) >= 11 is 0. The topological polar surface area (TPSA) is 42.0 Å². The molecule has 0 bridgehead atoms. The van der Waals surface area contributed by atoms with Crippen molar-refractivity contribution in [1.29, 1.82) is 0 Å². The molecule has 0 aliphatic rings. The van der Waals surface area contributed by atoms with E-state index in [9.17, 15) is 4.79 Å². The maximum atomic E-state index is 13.0. The number of amides is 1. The minimum Gasteiger partial charge on any atom is -0.352 e. The van der Waals surface area contributed by atoms with Gasteiger partial charge in [0.05, 0.1) is 16.8 Å². The Labute approximate surface area is 171 Å². The van der Waals surface area contributed by atoms with Gasteiger partial charge in [-0.05, 0) is 43.5 Å². The minimum atomic E-state index is -0.0643. The van der Waals surface area contributed by atoms with Crippen molar-refractivity contribution in [2.75, 3.05) is 6.54 Å². The van der Waals surface area contributed by atoms with Crippen LogP contribution in [0.25, 0.3) is 22.2 Å². The summed E-state index contributed by atoms with van der Waals surface area (Å²) in [7, 11) is 0. The molecule has 0 fully saturated rings. The fourth-order valence-electron chi connectivity index (χ4n) is 3.66. The molecule has 0 aliphatic heterocycles. The number of hydrogen-bond acceptors (Lipinski definition) is 2. The van der Waals surface area contributed by atoms with Gasteiger partial charge >= 0.3 is 0 Å². The van der Waals surface area contributed by atoms with Crippen molar-refractivity contribution in [2.24, 2.45) is 0 Å². The fourth-order valence-corrected chi connectivity index (χ4v) is 3.66. The van der Waals surface area contributed by atoms with E-state index in [4.69, 9.17) is 4.98 Å². The molecule has 1 heterocycles. The molecule has 0 saturated carbocycles. The summed E-state index contributed by atoms with van der Waals surface area (Å²) in [6, 6.07) is 26.2. The number of carbonyl (C=O) groups excluding carboxylic acids is 1. The lowest BCUT2D eigenvalue weighted by Gasteiger charge is -2.12. The summed E-state index contributed by atoms with van der Waals surface area (Å²) in [6.07, 6.45) is 0.805. The number of rotatable bonds is 5. The normalized spacial score (nSPS) is 10.8. The van der Waals surface area contributed by atoms with Crippen LogP contribution in [0.4, 0.5) is 0 Å². The van der Waals surface area contributed by atoms with Gasteiger partial charge in [0, 0.05) is 17.5 Å². The molecule has 0 spiro atoms. The Kier molecular flexibility index (Phi) is 5.39. The lowest BCUT2D eigenvalue weighted by atomic mass is 9.99. The number of pyridine rings is 1. The van der Waals surface area contributed by atoms with E-state index in [0.717, 1.165) is 34.1 Å². The Balaban J connectivity index is 1.66. The van der Waals surface area contributed by atoms with Crippen LogP contribution in [0.5, 0.6) is 0 Å². The quantitative estimate of drug-likeness (QED) is 0.497. The molecule has 144 valence electrons. The minimum absolute atomic E-state index is 0.0643. The number of fused-ring (bicyclic) bond motifs is 1. The van der Waals surface area contributed by atoms with E-state index in [2.05, 4.69) is 49.5 Å². The van der Waals surface area contributed by atoms with Gasteiger partial charge in [0.2, 0.25) is 0 Å². The van der Waals surface area contributed by atoms with Crippen molar-refractivity contribution in [3.8, 4) is 11.3 Å². The SMILES string of the molecule is Cc1ccc(-c2cc(C(=O)NCCc3ccccc3)c3ccccc3n2)c(C)c1. The Morgan fingerprint density at radius 1 is 0.897 bits per heavy atom. The largest absolute Gasteiger partial charge is 0.352 e. The summed E-state index contributed by atoms with van der Waals surface area (Å²) in [4.78, 5) is 17.9. The summed E-state index contributed by atoms with van der Waals surface area (Å²) in [6.45, 7) is 4.76. The highest BCUT2D eigenvalue weighted by Gasteiger charge is 2.14. The Morgan fingerprint density at radius 2 is 1.66 bits per heavy atom. The van der Waals surface area contributed by atoms with Gasteiger partial charge in [0.15, 0.2) is 0 Å². The monoisotopic (exact) mass is 380 g/mol. The highest BCUT2D eigenvalue weighted by molar-refractivity contribution is 6.07.